The van der Waals surface area contributed by atoms with Crippen LogP contribution in [0.1, 0.15) is 41.9 Å². The molecule has 6 heteroatoms. The Labute approximate surface area is 155 Å². The molecule has 1 amide bonds. The quantitative estimate of drug-likeness (QED) is 0.896. The molecule has 0 saturated carbocycles. The Balaban J connectivity index is 1.59. The predicted molar refractivity (Wildman–Crippen MR) is 103 cm³/mol. The van der Waals surface area contributed by atoms with E-state index in [2.05, 4.69) is 26.1 Å². The van der Waals surface area contributed by atoms with Crippen molar-refractivity contribution in [3.8, 4) is 0 Å². The number of carbonyl (C=O) groups is 1. The zero-order valence-electron chi connectivity index (χ0n) is 16.2. The molecule has 0 bridgehead atoms. The maximum Gasteiger partial charge on any atom is 0.222 e. The Hall–Kier alpha value is -2.37. The SMILES string of the molecule is Cc1cccc(N2CCC[C@H](N(C)C(=O)CCc3c(C)n[nH]c3C)C2)n1. The van der Waals surface area contributed by atoms with Crippen molar-refractivity contribution < 1.29 is 4.79 Å². The summed E-state index contributed by atoms with van der Waals surface area (Å²) in [5, 5.41) is 7.21. The van der Waals surface area contributed by atoms with Crippen molar-refractivity contribution in [1.29, 1.82) is 0 Å². The first kappa shape index (κ1) is 18.4. The first-order valence-electron chi connectivity index (χ1n) is 9.40. The van der Waals surface area contributed by atoms with Crippen molar-refractivity contribution in [3.05, 3.63) is 40.8 Å². The van der Waals surface area contributed by atoms with E-state index < -0.39 is 0 Å². The summed E-state index contributed by atoms with van der Waals surface area (Å²) in [6.07, 6.45) is 3.40. The van der Waals surface area contributed by atoms with Crippen LogP contribution < -0.4 is 4.90 Å². The smallest absolute Gasteiger partial charge is 0.222 e. The summed E-state index contributed by atoms with van der Waals surface area (Å²) in [6.45, 7) is 7.86. The van der Waals surface area contributed by atoms with Crippen molar-refractivity contribution in [3.63, 3.8) is 0 Å². The number of aromatic nitrogens is 3. The standard InChI is InChI=1S/C20H29N5O/c1-14-7-5-9-19(21-14)25-12-6-8-17(13-25)24(4)20(26)11-10-18-15(2)22-23-16(18)3/h5,7,9,17H,6,8,10-13H2,1-4H3,(H,22,23)/t17-/m0/s1. The monoisotopic (exact) mass is 355 g/mol. The van der Waals surface area contributed by atoms with Crippen LogP contribution in [0.25, 0.3) is 0 Å². The lowest BCUT2D eigenvalue weighted by Gasteiger charge is -2.38. The van der Waals surface area contributed by atoms with E-state index in [9.17, 15) is 4.79 Å². The van der Waals surface area contributed by atoms with Gasteiger partial charge in [0.2, 0.25) is 5.91 Å². The second-order valence-electron chi connectivity index (χ2n) is 7.30. The normalized spacial score (nSPS) is 17.4. The third kappa shape index (κ3) is 4.06. The highest BCUT2D eigenvalue weighted by molar-refractivity contribution is 5.76. The number of H-pyrrole nitrogens is 1. The van der Waals surface area contributed by atoms with Crippen molar-refractivity contribution in [2.75, 3.05) is 25.0 Å². The molecule has 0 aromatic carbocycles. The highest BCUT2D eigenvalue weighted by Gasteiger charge is 2.26. The molecule has 0 aliphatic carbocycles. The third-order valence-corrected chi connectivity index (χ3v) is 5.40. The number of anilines is 1. The largest absolute Gasteiger partial charge is 0.355 e. The predicted octanol–water partition coefficient (Wildman–Crippen LogP) is 2.79. The van der Waals surface area contributed by atoms with E-state index in [1.54, 1.807) is 0 Å². The molecule has 1 fully saturated rings. The molecule has 1 N–H and O–H groups in total. The highest BCUT2D eigenvalue weighted by atomic mass is 16.2. The van der Waals surface area contributed by atoms with Gasteiger partial charge >= 0.3 is 0 Å². The van der Waals surface area contributed by atoms with Crippen LogP contribution in [0.5, 0.6) is 0 Å². The highest BCUT2D eigenvalue weighted by Crippen LogP contribution is 2.21. The van der Waals surface area contributed by atoms with E-state index in [0.717, 1.165) is 55.3 Å². The number of carbonyl (C=O) groups excluding carboxylic acids is 1. The molecule has 140 valence electrons. The van der Waals surface area contributed by atoms with Gasteiger partial charge in [-0.2, -0.15) is 5.10 Å². The van der Waals surface area contributed by atoms with Crippen molar-refractivity contribution in [2.24, 2.45) is 0 Å². The minimum atomic E-state index is 0.203. The van der Waals surface area contributed by atoms with Gasteiger partial charge in [0.05, 0.1) is 5.69 Å². The van der Waals surface area contributed by atoms with E-state index in [0.29, 0.717) is 6.42 Å². The van der Waals surface area contributed by atoms with Crippen LogP contribution in [0.2, 0.25) is 0 Å². The Morgan fingerprint density at radius 2 is 2.15 bits per heavy atom. The number of hydrogen-bond acceptors (Lipinski definition) is 4. The van der Waals surface area contributed by atoms with Crippen molar-refractivity contribution in [1.82, 2.24) is 20.1 Å². The van der Waals surface area contributed by atoms with Crippen molar-refractivity contribution in [2.45, 2.75) is 52.5 Å². The van der Waals surface area contributed by atoms with Crippen LogP contribution in [0, 0.1) is 20.8 Å². The minimum absolute atomic E-state index is 0.203. The lowest BCUT2D eigenvalue weighted by atomic mass is 10.0. The molecule has 2 aromatic heterocycles. The number of rotatable bonds is 5. The van der Waals surface area contributed by atoms with Crippen LogP contribution in [0.15, 0.2) is 18.2 Å². The van der Waals surface area contributed by atoms with Crippen LogP contribution in [-0.4, -0.2) is 52.2 Å². The summed E-state index contributed by atoms with van der Waals surface area (Å²) >= 11 is 0. The first-order chi connectivity index (χ1) is 12.5. The number of pyridine rings is 1. The first-order valence-corrected chi connectivity index (χ1v) is 9.40. The molecular weight excluding hydrogens is 326 g/mol. The summed E-state index contributed by atoms with van der Waals surface area (Å²) in [4.78, 5) is 21.6. The summed E-state index contributed by atoms with van der Waals surface area (Å²) in [5.41, 5.74) is 4.25. The Morgan fingerprint density at radius 1 is 1.35 bits per heavy atom. The van der Waals surface area contributed by atoms with Gasteiger partial charge in [-0.05, 0) is 57.7 Å². The number of nitrogens with one attached hydrogen (secondary N) is 1. The topological polar surface area (TPSA) is 65.1 Å². The van der Waals surface area contributed by atoms with Crippen molar-refractivity contribution >= 4 is 11.7 Å². The number of hydrogen-bond donors (Lipinski definition) is 1. The molecule has 3 heterocycles. The Kier molecular flexibility index (Phi) is 5.59. The van der Waals surface area contributed by atoms with Crippen LogP contribution in [0.4, 0.5) is 5.82 Å². The average Bonchev–Trinajstić information content (AvgIpc) is 2.97. The zero-order chi connectivity index (χ0) is 18.7. The summed E-state index contributed by atoms with van der Waals surface area (Å²) in [5.74, 6) is 1.22. The fraction of sp³-hybridized carbons (Fsp3) is 0.550. The van der Waals surface area contributed by atoms with Crippen LogP contribution in [0.3, 0.4) is 0 Å². The van der Waals surface area contributed by atoms with E-state index in [1.165, 1.54) is 5.56 Å². The van der Waals surface area contributed by atoms with Gasteiger partial charge in [-0.25, -0.2) is 4.98 Å². The molecule has 0 spiro atoms. The summed E-state index contributed by atoms with van der Waals surface area (Å²) < 4.78 is 0. The van der Waals surface area contributed by atoms with Crippen LogP contribution >= 0.6 is 0 Å². The molecule has 6 nitrogen and oxygen atoms in total. The molecule has 1 aliphatic rings. The second kappa shape index (κ2) is 7.89. The minimum Gasteiger partial charge on any atom is -0.355 e. The van der Waals surface area contributed by atoms with Gasteiger partial charge in [0.25, 0.3) is 0 Å². The van der Waals surface area contributed by atoms with Gasteiger partial charge in [-0.3, -0.25) is 9.89 Å². The lowest BCUT2D eigenvalue weighted by Crippen LogP contribution is -2.49. The van der Waals surface area contributed by atoms with Gasteiger partial charge in [0, 0.05) is 44.0 Å². The van der Waals surface area contributed by atoms with Gasteiger partial charge in [0.1, 0.15) is 5.82 Å². The fourth-order valence-corrected chi connectivity index (χ4v) is 3.74. The Bertz CT molecular complexity index is 750. The molecule has 1 atom stereocenters. The summed E-state index contributed by atoms with van der Waals surface area (Å²) in [7, 11) is 1.94. The fourth-order valence-electron chi connectivity index (χ4n) is 3.74. The molecule has 26 heavy (non-hydrogen) atoms. The van der Waals surface area contributed by atoms with Gasteiger partial charge in [-0.1, -0.05) is 6.07 Å². The number of likely N-dealkylation sites (N-methyl/N-ethyl adjacent to an activating group) is 1. The maximum atomic E-state index is 12.7. The van der Waals surface area contributed by atoms with Gasteiger partial charge in [0.15, 0.2) is 0 Å². The third-order valence-electron chi connectivity index (χ3n) is 5.40. The maximum absolute atomic E-state index is 12.7. The number of aryl methyl sites for hydroxylation is 3. The van der Waals surface area contributed by atoms with E-state index in [4.69, 9.17) is 0 Å². The molecule has 1 aliphatic heterocycles. The number of piperidine rings is 1. The second-order valence-corrected chi connectivity index (χ2v) is 7.30. The van der Waals surface area contributed by atoms with Gasteiger partial charge in [-0.15, -0.1) is 0 Å². The molecule has 3 rings (SSSR count). The molecule has 2 aromatic rings. The van der Waals surface area contributed by atoms with Crippen LogP contribution in [-0.2, 0) is 11.2 Å². The molecule has 0 radical (unpaired) electrons. The van der Waals surface area contributed by atoms with Gasteiger partial charge < -0.3 is 9.80 Å². The summed E-state index contributed by atoms with van der Waals surface area (Å²) in [6, 6.07) is 6.36. The zero-order valence-corrected chi connectivity index (χ0v) is 16.2. The number of aromatic amines is 1. The molecule has 0 unspecified atom stereocenters. The number of nitrogens with zero attached hydrogens (tertiary/aromatic N) is 4. The average molecular weight is 355 g/mol. The Morgan fingerprint density at radius 3 is 2.85 bits per heavy atom. The van der Waals surface area contributed by atoms with E-state index in [1.807, 2.05) is 44.9 Å². The molecule has 1 saturated heterocycles. The van der Waals surface area contributed by atoms with E-state index >= 15 is 0 Å². The molecular formula is C20H29N5O. The van der Waals surface area contributed by atoms with E-state index in [-0.39, 0.29) is 11.9 Å². The lowest BCUT2D eigenvalue weighted by molar-refractivity contribution is -0.132. The number of amides is 1.